The summed E-state index contributed by atoms with van der Waals surface area (Å²) < 4.78 is 7.37. The van der Waals surface area contributed by atoms with Crippen LogP contribution in [0.5, 0.6) is 5.75 Å². The molecule has 0 spiro atoms. The van der Waals surface area contributed by atoms with Gasteiger partial charge in [0.25, 0.3) is 0 Å². The first kappa shape index (κ1) is 20.4. The van der Waals surface area contributed by atoms with Crippen LogP contribution in [0.2, 0.25) is 0 Å². The Morgan fingerprint density at radius 2 is 1.97 bits per heavy atom. The van der Waals surface area contributed by atoms with E-state index in [0.29, 0.717) is 13.1 Å². The molecule has 8 heteroatoms. The number of nitrogens with zero attached hydrogens (tertiary/aromatic N) is 4. The van der Waals surface area contributed by atoms with E-state index in [1.807, 2.05) is 24.3 Å². The number of carbonyl (C=O) groups excluding carboxylic acids is 1. The van der Waals surface area contributed by atoms with Gasteiger partial charge in [-0.3, -0.25) is 9.36 Å². The lowest BCUT2D eigenvalue weighted by atomic mass is 9.97. The molecule has 1 aliphatic heterocycles. The molecule has 0 aliphatic carbocycles. The van der Waals surface area contributed by atoms with Crippen LogP contribution in [0.4, 0.5) is 5.13 Å². The molecule has 30 heavy (non-hydrogen) atoms. The van der Waals surface area contributed by atoms with Gasteiger partial charge >= 0.3 is 0 Å². The molecule has 1 aliphatic rings. The quantitative estimate of drug-likeness (QED) is 0.655. The molecule has 0 radical (unpaired) electrons. The zero-order valence-corrected chi connectivity index (χ0v) is 18.4. The fraction of sp³-hybridized carbons (Fsp3) is 0.409. The summed E-state index contributed by atoms with van der Waals surface area (Å²) in [4.78, 5) is 15.0. The highest BCUT2D eigenvalue weighted by atomic mass is 32.1. The van der Waals surface area contributed by atoms with Crippen LogP contribution in [0.3, 0.4) is 0 Å². The summed E-state index contributed by atoms with van der Waals surface area (Å²) in [6.45, 7) is 6.21. The van der Waals surface area contributed by atoms with Crippen molar-refractivity contribution in [3.05, 3.63) is 53.3 Å². The maximum atomic E-state index is 12.8. The standard InChI is InChI=1S/C22H27N5O2S/c1-15-9-10-16(2)27(15)22-25-24-21(30-22)26-11-5-7-18(14-26)20(28)23-13-17-6-4-8-19(12-17)29-3/h4,6,8-10,12,18H,5,7,11,13-14H2,1-3H3,(H,23,28)/t18-/m0/s1. The van der Waals surface area contributed by atoms with Crippen molar-refractivity contribution in [3.63, 3.8) is 0 Å². The van der Waals surface area contributed by atoms with Crippen molar-refractivity contribution in [2.45, 2.75) is 33.2 Å². The van der Waals surface area contributed by atoms with Gasteiger partial charge in [0.2, 0.25) is 16.2 Å². The number of benzene rings is 1. The van der Waals surface area contributed by atoms with E-state index in [-0.39, 0.29) is 11.8 Å². The Kier molecular flexibility index (Phi) is 6.03. The van der Waals surface area contributed by atoms with Crippen molar-refractivity contribution in [1.82, 2.24) is 20.1 Å². The topological polar surface area (TPSA) is 72.3 Å². The second kappa shape index (κ2) is 8.87. The van der Waals surface area contributed by atoms with Gasteiger partial charge in [0.1, 0.15) is 5.75 Å². The van der Waals surface area contributed by atoms with Crippen LogP contribution in [-0.4, -0.2) is 40.9 Å². The monoisotopic (exact) mass is 425 g/mol. The zero-order chi connectivity index (χ0) is 21.1. The molecule has 0 saturated carbocycles. The Balaban J connectivity index is 1.39. The third-order valence-electron chi connectivity index (χ3n) is 5.53. The van der Waals surface area contributed by atoms with Gasteiger partial charge in [-0.15, -0.1) is 10.2 Å². The zero-order valence-electron chi connectivity index (χ0n) is 17.6. The minimum atomic E-state index is -0.0493. The molecule has 1 fully saturated rings. The number of nitrogens with one attached hydrogen (secondary N) is 1. The lowest BCUT2D eigenvalue weighted by Gasteiger charge is -2.31. The molecule has 158 valence electrons. The van der Waals surface area contributed by atoms with Crippen molar-refractivity contribution in [3.8, 4) is 10.9 Å². The van der Waals surface area contributed by atoms with E-state index in [4.69, 9.17) is 4.74 Å². The number of carbonyl (C=O) groups is 1. The van der Waals surface area contributed by atoms with Crippen LogP contribution in [0, 0.1) is 19.8 Å². The van der Waals surface area contributed by atoms with E-state index in [2.05, 4.69) is 51.0 Å². The van der Waals surface area contributed by atoms with Crippen molar-refractivity contribution >= 4 is 22.4 Å². The summed E-state index contributed by atoms with van der Waals surface area (Å²) in [5, 5.41) is 13.6. The summed E-state index contributed by atoms with van der Waals surface area (Å²) >= 11 is 1.57. The first-order valence-corrected chi connectivity index (χ1v) is 11.0. The largest absolute Gasteiger partial charge is 0.497 e. The molecule has 1 atom stereocenters. The number of amides is 1. The minimum Gasteiger partial charge on any atom is -0.497 e. The summed E-state index contributed by atoms with van der Waals surface area (Å²) in [5.74, 6) is 0.835. The highest BCUT2D eigenvalue weighted by molar-refractivity contribution is 7.17. The van der Waals surface area contributed by atoms with E-state index in [1.165, 1.54) is 0 Å². The number of hydrogen-bond acceptors (Lipinski definition) is 6. The Morgan fingerprint density at radius 3 is 2.73 bits per heavy atom. The van der Waals surface area contributed by atoms with Gasteiger partial charge in [-0.1, -0.05) is 23.5 Å². The summed E-state index contributed by atoms with van der Waals surface area (Å²) in [6.07, 6.45) is 1.86. The SMILES string of the molecule is COc1cccc(CNC(=O)[C@H]2CCCN(c3nnc(-n4c(C)ccc4C)s3)C2)c1. The third-order valence-corrected chi connectivity index (χ3v) is 6.50. The average molecular weight is 426 g/mol. The average Bonchev–Trinajstić information content (AvgIpc) is 3.38. The van der Waals surface area contributed by atoms with Crippen LogP contribution < -0.4 is 15.0 Å². The predicted molar refractivity (Wildman–Crippen MR) is 118 cm³/mol. The number of methoxy groups -OCH3 is 1. The summed E-state index contributed by atoms with van der Waals surface area (Å²) in [5.41, 5.74) is 3.31. The van der Waals surface area contributed by atoms with Crippen LogP contribution in [0.15, 0.2) is 36.4 Å². The Hall–Kier alpha value is -2.87. The van der Waals surface area contributed by atoms with Gasteiger partial charge in [0.05, 0.1) is 13.0 Å². The maximum Gasteiger partial charge on any atom is 0.225 e. The highest BCUT2D eigenvalue weighted by Crippen LogP contribution is 2.29. The molecule has 1 N–H and O–H groups in total. The van der Waals surface area contributed by atoms with Crippen molar-refractivity contribution in [2.75, 3.05) is 25.1 Å². The Morgan fingerprint density at radius 1 is 1.20 bits per heavy atom. The summed E-state index contributed by atoms with van der Waals surface area (Å²) in [7, 11) is 1.64. The normalized spacial score (nSPS) is 16.5. The third kappa shape index (κ3) is 4.33. The molecule has 0 unspecified atom stereocenters. The van der Waals surface area contributed by atoms with Crippen LogP contribution in [0.25, 0.3) is 5.13 Å². The van der Waals surface area contributed by atoms with Crippen LogP contribution in [0.1, 0.15) is 29.8 Å². The van der Waals surface area contributed by atoms with Crippen molar-refractivity contribution in [1.29, 1.82) is 0 Å². The Bertz CT molecular complexity index is 1010. The predicted octanol–water partition coefficient (Wildman–Crippen LogP) is 3.49. The maximum absolute atomic E-state index is 12.8. The first-order valence-electron chi connectivity index (χ1n) is 10.2. The molecule has 1 amide bonds. The molecule has 2 aromatic heterocycles. The van der Waals surface area contributed by atoms with Gasteiger partial charge in [0, 0.05) is 31.0 Å². The highest BCUT2D eigenvalue weighted by Gasteiger charge is 2.28. The summed E-state index contributed by atoms with van der Waals surface area (Å²) in [6, 6.07) is 11.9. The molecule has 1 saturated heterocycles. The molecular weight excluding hydrogens is 398 g/mol. The smallest absolute Gasteiger partial charge is 0.225 e. The lowest BCUT2D eigenvalue weighted by Crippen LogP contribution is -2.43. The fourth-order valence-electron chi connectivity index (χ4n) is 3.88. The van der Waals surface area contributed by atoms with Gasteiger partial charge in [-0.25, -0.2) is 0 Å². The van der Waals surface area contributed by atoms with E-state index in [0.717, 1.165) is 52.4 Å². The van der Waals surface area contributed by atoms with E-state index in [9.17, 15) is 4.79 Å². The van der Waals surface area contributed by atoms with Crippen LogP contribution in [-0.2, 0) is 11.3 Å². The van der Waals surface area contributed by atoms with E-state index in [1.54, 1.807) is 18.4 Å². The van der Waals surface area contributed by atoms with Crippen molar-refractivity contribution < 1.29 is 9.53 Å². The number of anilines is 1. The second-order valence-electron chi connectivity index (χ2n) is 7.67. The van der Waals surface area contributed by atoms with Gasteiger partial charge < -0.3 is 15.0 Å². The van der Waals surface area contributed by atoms with E-state index >= 15 is 0 Å². The van der Waals surface area contributed by atoms with Gasteiger partial charge in [0.15, 0.2) is 0 Å². The molecule has 1 aromatic carbocycles. The van der Waals surface area contributed by atoms with Crippen LogP contribution >= 0.6 is 11.3 Å². The minimum absolute atomic E-state index is 0.0493. The number of aromatic nitrogens is 3. The number of hydrogen-bond donors (Lipinski definition) is 1. The number of piperidine rings is 1. The molecule has 4 rings (SSSR count). The molecular formula is C22H27N5O2S. The van der Waals surface area contributed by atoms with E-state index < -0.39 is 0 Å². The molecule has 3 aromatic rings. The molecule has 0 bridgehead atoms. The number of rotatable bonds is 6. The second-order valence-corrected chi connectivity index (χ2v) is 8.61. The first-order chi connectivity index (χ1) is 14.5. The van der Waals surface area contributed by atoms with Gasteiger partial charge in [-0.05, 0) is 56.5 Å². The molecule has 7 nitrogen and oxygen atoms in total. The number of ether oxygens (including phenoxy) is 1. The lowest BCUT2D eigenvalue weighted by molar-refractivity contribution is -0.125. The van der Waals surface area contributed by atoms with Gasteiger partial charge in [-0.2, -0.15) is 0 Å². The number of aryl methyl sites for hydroxylation is 2. The Labute approximate surface area is 180 Å². The van der Waals surface area contributed by atoms with Crippen molar-refractivity contribution in [2.24, 2.45) is 5.92 Å². The molecule has 3 heterocycles. The fourth-order valence-corrected chi connectivity index (χ4v) is 4.88.